The van der Waals surface area contributed by atoms with Crippen LogP contribution in [-0.4, -0.2) is 12.1 Å². The lowest BCUT2D eigenvalue weighted by molar-refractivity contribution is 0.196. The first-order valence-electron chi connectivity index (χ1n) is 3.18. The minimum absolute atomic E-state index is 0.550. The molecule has 0 aliphatic heterocycles. The molecule has 0 aliphatic rings. The maximum atomic E-state index is 4.80. The van der Waals surface area contributed by atoms with Crippen molar-refractivity contribution in [2.45, 2.75) is 20.8 Å². The lowest BCUT2D eigenvalue weighted by Crippen LogP contribution is -1.87. The maximum Gasteiger partial charge on any atom is 0.129 e. The van der Waals surface area contributed by atoms with Crippen molar-refractivity contribution in [1.29, 1.82) is 0 Å². The molecule has 0 aromatic carbocycles. The molecule has 1 unspecified atom stereocenters. The average Bonchev–Trinajstić information content (AvgIpc) is 1.82. The fourth-order valence-corrected chi connectivity index (χ4v) is 0.658. The van der Waals surface area contributed by atoms with Crippen molar-refractivity contribution in [3.05, 3.63) is 11.6 Å². The van der Waals surface area contributed by atoms with E-state index in [9.17, 15) is 0 Å². The number of hydrogen-bond donors (Lipinski definition) is 0. The monoisotopic (exact) mass is 159 g/mol. The summed E-state index contributed by atoms with van der Waals surface area (Å²) in [4.78, 5) is 4.80. The van der Waals surface area contributed by atoms with Gasteiger partial charge < -0.3 is 4.84 Å². The number of hydrogen-bond acceptors (Lipinski definition) is 2. The van der Waals surface area contributed by atoms with E-state index in [2.05, 4.69) is 14.4 Å². The van der Waals surface area contributed by atoms with Crippen molar-refractivity contribution < 1.29 is 4.84 Å². The number of allylic oxidation sites excluding steroid dienone is 2. The van der Waals surface area contributed by atoms with Gasteiger partial charge in [-0.05, 0) is 26.8 Å². The Labute approximate surface area is 64.5 Å². The molecule has 0 saturated heterocycles. The summed E-state index contributed by atoms with van der Waals surface area (Å²) in [6, 6.07) is 0. The number of oxime groups is 1. The smallest absolute Gasteiger partial charge is 0.129 e. The third-order valence-corrected chi connectivity index (χ3v) is 0.930. The largest absolute Gasteiger partial charge is 0.392 e. The van der Waals surface area contributed by atoms with Crippen LogP contribution >= 0.6 is 9.24 Å². The molecular formula is C7H14NOP. The molecule has 10 heavy (non-hydrogen) atoms. The van der Waals surface area contributed by atoms with Gasteiger partial charge in [-0.3, -0.25) is 0 Å². The second kappa shape index (κ2) is 5.43. The summed E-state index contributed by atoms with van der Waals surface area (Å²) >= 11 is 0. The van der Waals surface area contributed by atoms with Crippen molar-refractivity contribution in [1.82, 2.24) is 0 Å². The van der Waals surface area contributed by atoms with Gasteiger partial charge in [0.1, 0.15) is 6.35 Å². The van der Waals surface area contributed by atoms with Crippen LogP contribution in [0.2, 0.25) is 0 Å². The van der Waals surface area contributed by atoms with Crippen LogP contribution in [0.25, 0.3) is 0 Å². The molecular weight excluding hydrogens is 145 g/mol. The Balaban J connectivity index is 3.82. The lowest BCUT2D eigenvalue weighted by Gasteiger charge is -1.93. The van der Waals surface area contributed by atoms with Gasteiger partial charge in [0.05, 0.1) is 5.71 Å². The van der Waals surface area contributed by atoms with Gasteiger partial charge in [0.15, 0.2) is 0 Å². The SMILES string of the molecule is CC(C)=C/C(C)=N/OCP. The highest BCUT2D eigenvalue weighted by atomic mass is 31.0. The summed E-state index contributed by atoms with van der Waals surface area (Å²) in [5.41, 5.74) is 2.14. The number of nitrogens with zero attached hydrogens (tertiary/aromatic N) is 1. The molecule has 2 nitrogen and oxygen atoms in total. The van der Waals surface area contributed by atoms with Crippen LogP contribution in [0, 0.1) is 0 Å². The lowest BCUT2D eigenvalue weighted by atomic mass is 10.3. The van der Waals surface area contributed by atoms with Gasteiger partial charge in [-0.25, -0.2) is 0 Å². The predicted molar refractivity (Wildman–Crippen MR) is 48.2 cm³/mol. The van der Waals surface area contributed by atoms with E-state index in [4.69, 9.17) is 4.84 Å². The van der Waals surface area contributed by atoms with Crippen molar-refractivity contribution in [3.8, 4) is 0 Å². The molecule has 0 aliphatic carbocycles. The first-order valence-corrected chi connectivity index (χ1v) is 4.00. The van der Waals surface area contributed by atoms with Gasteiger partial charge in [-0.15, -0.1) is 0 Å². The van der Waals surface area contributed by atoms with Crippen LogP contribution in [0.4, 0.5) is 0 Å². The zero-order valence-electron chi connectivity index (χ0n) is 6.72. The van der Waals surface area contributed by atoms with Gasteiger partial charge in [-0.1, -0.05) is 20.0 Å². The summed E-state index contributed by atoms with van der Waals surface area (Å²) in [5.74, 6) is 0. The Bertz CT molecular complexity index is 148. The molecule has 3 heteroatoms. The van der Waals surface area contributed by atoms with E-state index in [1.165, 1.54) is 5.57 Å². The Kier molecular flexibility index (Phi) is 5.23. The molecule has 0 saturated carbocycles. The van der Waals surface area contributed by atoms with E-state index in [-0.39, 0.29) is 0 Å². The van der Waals surface area contributed by atoms with E-state index in [1.54, 1.807) is 0 Å². The van der Waals surface area contributed by atoms with E-state index >= 15 is 0 Å². The van der Waals surface area contributed by atoms with Gasteiger partial charge in [0.25, 0.3) is 0 Å². The molecule has 0 spiro atoms. The third kappa shape index (κ3) is 5.77. The van der Waals surface area contributed by atoms with E-state index in [0.717, 1.165) is 5.71 Å². The summed E-state index contributed by atoms with van der Waals surface area (Å²) in [7, 11) is 2.44. The van der Waals surface area contributed by atoms with Crippen LogP contribution < -0.4 is 0 Å². The molecule has 1 atom stereocenters. The fraction of sp³-hybridized carbons (Fsp3) is 0.571. The topological polar surface area (TPSA) is 21.6 Å². The van der Waals surface area contributed by atoms with E-state index in [1.807, 2.05) is 26.8 Å². The molecule has 0 radical (unpaired) electrons. The minimum atomic E-state index is 0.550. The van der Waals surface area contributed by atoms with Crippen LogP contribution in [0.3, 0.4) is 0 Å². The van der Waals surface area contributed by atoms with Gasteiger partial charge in [-0.2, -0.15) is 0 Å². The van der Waals surface area contributed by atoms with Gasteiger partial charge in [0.2, 0.25) is 0 Å². The van der Waals surface area contributed by atoms with Crippen LogP contribution in [0.1, 0.15) is 20.8 Å². The molecule has 0 heterocycles. The summed E-state index contributed by atoms with van der Waals surface area (Å²) < 4.78 is 0. The fourth-order valence-electron chi connectivity index (χ4n) is 0.583. The Morgan fingerprint density at radius 3 is 2.50 bits per heavy atom. The van der Waals surface area contributed by atoms with Crippen LogP contribution in [-0.2, 0) is 4.84 Å². The zero-order chi connectivity index (χ0) is 7.98. The quantitative estimate of drug-likeness (QED) is 0.351. The molecule has 0 bridgehead atoms. The normalized spacial score (nSPS) is 11.0. The van der Waals surface area contributed by atoms with Gasteiger partial charge >= 0.3 is 0 Å². The van der Waals surface area contributed by atoms with Crippen molar-refractivity contribution in [3.63, 3.8) is 0 Å². The van der Waals surface area contributed by atoms with Crippen LogP contribution in [0.15, 0.2) is 16.8 Å². The highest BCUT2D eigenvalue weighted by Gasteiger charge is 1.83. The Hall–Kier alpha value is -0.360. The van der Waals surface area contributed by atoms with Crippen molar-refractivity contribution in [2.24, 2.45) is 5.16 Å². The molecule has 0 aromatic heterocycles. The minimum Gasteiger partial charge on any atom is -0.392 e. The highest BCUT2D eigenvalue weighted by molar-refractivity contribution is 7.16. The molecule has 0 rings (SSSR count). The number of rotatable bonds is 3. The molecule has 0 amide bonds. The summed E-state index contributed by atoms with van der Waals surface area (Å²) in [6.45, 7) is 5.97. The maximum absolute atomic E-state index is 4.80. The average molecular weight is 159 g/mol. The first kappa shape index (κ1) is 9.64. The van der Waals surface area contributed by atoms with Crippen molar-refractivity contribution in [2.75, 3.05) is 6.35 Å². The standard InChI is InChI=1S/C7H14NOP/c1-6(2)4-7(3)8-9-5-10/h4H,5,10H2,1-3H3/b8-7+. The van der Waals surface area contributed by atoms with Crippen molar-refractivity contribution >= 4 is 15.0 Å². The molecule has 58 valence electrons. The molecule has 0 N–H and O–H groups in total. The highest BCUT2D eigenvalue weighted by Crippen LogP contribution is 1.92. The first-order chi connectivity index (χ1) is 4.66. The predicted octanol–water partition coefficient (Wildman–Crippen LogP) is 2.18. The van der Waals surface area contributed by atoms with Gasteiger partial charge in [0, 0.05) is 0 Å². The summed E-state index contributed by atoms with van der Waals surface area (Å²) in [5, 5.41) is 3.80. The summed E-state index contributed by atoms with van der Waals surface area (Å²) in [6.07, 6.45) is 2.52. The third-order valence-electron chi connectivity index (χ3n) is 0.781. The Morgan fingerprint density at radius 1 is 1.50 bits per heavy atom. The van der Waals surface area contributed by atoms with E-state index < -0.39 is 0 Å². The molecule has 0 aromatic rings. The second-order valence-corrected chi connectivity index (χ2v) is 2.58. The van der Waals surface area contributed by atoms with E-state index in [0.29, 0.717) is 6.35 Å². The van der Waals surface area contributed by atoms with Crippen LogP contribution in [0.5, 0.6) is 0 Å². The second-order valence-electron chi connectivity index (χ2n) is 2.25. The molecule has 0 fully saturated rings. The Morgan fingerprint density at radius 2 is 2.10 bits per heavy atom. The zero-order valence-corrected chi connectivity index (χ0v) is 7.87.